The van der Waals surface area contributed by atoms with Crippen LogP contribution in [0.3, 0.4) is 0 Å². The van der Waals surface area contributed by atoms with Gasteiger partial charge < -0.3 is 15.4 Å². The highest BCUT2D eigenvalue weighted by Gasteiger charge is 2.34. The van der Waals surface area contributed by atoms with E-state index in [-0.39, 0.29) is 18.2 Å². The third kappa shape index (κ3) is 4.78. The van der Waals surface area contributed by atoms with E-state index in [1.54, 1.807) is 12.1 Å². The first-order chi connectivity index (χ1) is 15.7. The highest BCUT2D eigenvalue weighted by molar-refractivity contribution is 6.23. The lowest BCUT2D eigenvalue weighted by molar-refractivity contribution is -0.123. The van der Waals surface area contributed by atoms with Gasteiger partial charge in [0, 0.05) is 5.69 Å². The molecule has 2 N–H and O–H groups in total. The van der Waals surface area contributed by atoms with Gasteiger partial charge in [-0.1, -0.05) is 48.5 Å². The SMILES string of the molecule is CCOc1ccccc1NC(=O)C1CC(=O)N(c2ccccc2)C(Nc2ccccc2)=N1. The van der Waals surface area contributed by atoms with E-state index in [4.69, 9.17) is 4.74 Å². The van der Waals surface area contributed by atoms with Crippen molar-refractivity contribution in [3.05, 3.63) is 84.9 Å². The van der Waals surface area contributed by atoms with Crippen molar-refractivity contribution in [3.63, 3.8) is 0 Å². The number of guanidine groups is 1. The molecule has 0 spiro atoms. The molecule has 7 nitrogen and oxygen atoms in total. The molecule has 32 heavy (non-hydrogen) atoms. The first-order valence-corrected chi connectivity index (χ1v) is 10.5. The van der Waals surface area contributed by atoms with Crippen LogP contribution in [0.25, 0.3) is 0 Å². The van der Waals surface area contributed by atoms with Crippen LogP contribution in [0.2, 0.25) is 0 Å². The average molecular weight is 428 g/mol. The molecule has 0 aliphatic carbocycles. The van der Waals surface area contributed by atoms with Crippen LogP contribution in [0.15, 0.2) is 89.9 Å². The minimum Gasteiger partial charge on any atom is -0.492 e. The summed E-state index contributed by atoms with van der Waals surface area (Å²) in [5.41, 5.74) is 1.99. The number of hydrogen-bond donors (Lipinski definition) is 2. The van der Waals surface area contributed by atoms with Gasteiger partial charge in [0.1, 0.15) is 11.8 Å². The molecule has 162 valence electrons. The van der Waals surface area contributed by atoms with Crippen molar-refractivity contribution in [1.29, 1.82) is 0 Å². The number of carbonyl (C=O) groups is 2. The summed E-state index contributed by atoms with van der Waals surface area (Å²) in [5.74, 6) is 0.286. The Hall–Kier alpha value is -4.13. The van der Waals surface area contributed by atoms with Gasteiger partial charge in [0.05, 0.1) is 24.4 Å². The number of carbonyl (C=O) groups excluding carboxylic acids is 2. The van der Waals surface area contributed by atoms with Crippen LogP contribution >= 0.6 is 0 Å². The quantitative estimate of drug-likeness (QED) is 0.613. The van der Waals surface area contributed by atoms with Crippen molar-refractivity contribution in [1.82, 2.24) is 0 Å². The molecule has 1 aliphatic heterocycles. The maximum atomic E-state index is 13.1. The minimum atomic E-state index is -0.872. The van der Waals surface area contributed by atoms with Gasteiger partial charge in [0.25, 0.3) is 0 Å². The zero-order valence-corrected chi connectivity index (χ0v) is 17.7. The Bertz CT molecular complexity index is 1120. The fraction of sp³-hybridized carbons (Fsp3) is 0.160. The highest BCUT2D eigenvalue weighted by atomic mass is 16.5. The summed E-state index contributed by atoms with van der Waals surface area (Å²) in [4.78, 5) is 32.3. The molecule has 2 amide bonds. The zero-order valence-electron chi connectivity index (χ0n) is 17.7. The smallest absolute Gasteiger partial charge is 0.249 e. The van der Waals surface area contributed by atoms with Gasteiger partial charge in [-0.15, -0.1) is 0 Å². The molecule has 0 radical (unpaired) electrons. The Balaban J connectivity index is 1.64. The summed E-state index contributed by atoms with van der Waals surface area (Å²) in [6.45, 7) is 2.35. The Labute approximate surface area is 186 Å². The van der Waals surface area contributed by atoms with Gasteiger partial charge >= 0.3 is 0 Å². The van der Waals surface area contributed by atoms with Gasteiger partial charge in [-0.25, -0.2) is 4.99 Å². The van der Waals surface area contributed by atoms with Crippen molar-refractivity contribution in [3.8, 4) is 5.75 Å². The first kappa shape index (κ1) is 21.1. The van der Waals surface area contributed by atoms with Crippen LogP contribution in [-0.4, -0.2) is 30.4 Å². The van der Waals surface area contributed by atoms with Gasteiger partial charge in [-0.05, 0) is 43.3 Å². The molecule has 1 atom stereocenters. The predicted octanol–water partition coefficient (Wildman–Crippen LogP) is 4.30. The summed E-state index contributed by atoms with van der Waals surface area (Å²) in [7, 11) is 0. The number of ether oxygens (including phenoxy) is 1. The normalized spacial score (nSPS) is 15.7. The molecule has 7 heteroatoms. The molecule has 0 aromatic heterocycles. The van der Waals surface area contributed by atoms with E-state index < -0.39 is 6.04 Å². The lowest BCUT2D eigenvalue weighted by Gasteiger charge is -2.31. The largest absolute Gasteiger partial charge is 0.492 e. The fourth-order valence-corrected chi connectivity index (χ4v) is 3.43. The Morgan fingerprint density at radius 2 is 1.66 bits per heavy atom. The second kappa shape index (κ2) is 9.78. The highest BCUT2D eigenvalue weighted by Crippen LogP contribution is 2.26. The van der Waals surface area contributed by atoms with Crippen molar-refractivity contribution < 1.29 is 14.3 Å². The number of aliphatic imine (C=N–C) groups is 1. The number of para-hydroxylation sites is 4. The summed E-state index contributed by atoms with van der Waals surface area (Å²) in [5, 5.41) is 6.05. The van der Waals surface area contributed by atoms with E-state index in [1.165, 1.54) is 4.90 Å². The third-order valence-electron chi connectivity index (χ3n) is 4.90. The molecule has 1 aliphatic rings. The molecule has 0 bridgehead atoms. The molecule has 3 aromatic carbocycles. The van der Waals surface area contributed by atoms with Gasteiger partial charge in [0.15, 0.2) is 0 Å². The number of benzene rings is 3. The number of hydrogen-bond acceptors (Lipinski definition) is 5. The number of amides is 2. The van der Waals surface area contributed by atoms with E-state index >= 15 is 0 Å². The van der Waals surface area contributed by atoms with Crippen LogP contribution in [0, 0.1) is 0 Å². The predicted molar refractivity (Wildman–Crippen MR) is 126 cm³/mol. The van der Waals surface area contributed by atoms with Crippen LogP contribution in [0.4, 0.5) is 17.1 Å². The maximum Gasteiger partial charge on any atom is 0.249 e. The van der Waals surface area contributed by atoms with Crippen LogP contribution in [-0.2, 0) is 9.59 Å². The lowest BCUT2D eigenvalue weighted by atomic mass is 10.1. The van der Waals surface area contributed by atoms with E-state index in [9.17, 15) is 9.59 Å². The molecule has 0 saturated heterocycles. The third-order valence-corrected chi connectivity index (χ3v) is 4.90. The Morgan fingerprint density at radius 1 is 1.00 bits per heavy atom. The molecule has 4 rings (SSSR count). The lowest BCUT2D eigenvalue weighted by Crippen LogP contribution is -2.49. The molecular formula is C25H24N4O3. The standard InChI is InChI=1S/C25H24N4O3/c1-2-32-22-16-10-9-15-20(22)27-24(31)21-17-23(30)29(19-13-7-4-8-14-19)25(28-21)26-18-11-5-3-6-12-18/h3-16,21H,2,17H2,1H3,(H,26,28)(H,27,31). The number of anilines is 3. The van der Waals surface area contributed by atoms with Crippen molar-refractivity contribution >= 4 is 34.8 Å². The van der Waals surface area contributed by atoms with E-state index in [0.717, 1.165) is 5.69 Å². The van der Waals surface area contributed by atoms with E-state index in [0.29, 0.717) is 29.7 Å². The molecule has 1 unspecified atom stereocenters. The van der Waals surface area contributed by atoms with Crippen molar-refractivity contribution in [2.75, 3.05) is 22.1 Å². The topological polar surface area (TPSA) is 83.0 Å². The summed E-state index contributed by atoms with van der Waals surface area (Å²) < 4.78 is 5.58. The molecular weight excluding hydrogens is 404 g/mol. The molecule has 0 saturated carbocycles. The second-order valence-corrected chi connectivity index (χ2v) is 7.15. The van der Waals surface area contributed by atoms with Crippen LogP contribution in [0.5, 0.6) is 5.75 Å². The van der Waals surface area contributed by atoms with Gasteiger partial charge in [-0.2, -0.15) is 0 Å². The monoisotopic (exact) mass is 428 g/mol. The zero-order chi connectivity index (χ0) is 22.3. The van der Waals surface area contributed by atoms with Crippen molar-refractivity contribution in [2.45, 2.75) is 19.4 Å². The fourth-order valence-electron chi connectivity index (χ4n) is 3.43. The number of nitrogens with zero attached hydrogens (tertiary/aromatic N) is 2. The van der Waals surface area contributed by atoms with Crippen LogP contribution < -0.4 is 20.3 Å². The summed E-state index contributed by atoms with van der Waals surface area (Å²) in [6.07, 6.45) is -0.0441. The van der Waals surface area contributed by atoms with E-state index in [1.807, 2.05) is 79.7 Å². The van der Waals surface area contributed by atoms with Crippen molar-refractivity contribution in [2.24, 2.45) is 4.99 Å². The van der Waals surface area contributed by atoms with E-state index in [2.05, 4.69) is 15.6 Å². The van der Waals surface area contributed by atoms with Gasteiger partial charge in [-0.3, -0.25) is 14.5 Å². The Kier molecular flexibility index (Phi) is 6.46. The molecule has 0 fully saturated rings. The summed E-state index contributed by atoms with van der Waals surface area (Å²) in [6, 6.07) is 25.0. The maximum absolute atomic E-state index is 13.1. The molecule has 3 aromatic rings. The average Bonchev–Trinajstić information content (AvgIpc) is 2.81. The van der Waals surface area contributed by atoms with Gasteiger partial charge in [0.2, 0.25) is 17.8 Å². The number of rotatable bonds is 6. The first-order valence-electron chi connectivity index (χ1n) is 10.5. The molecule has 1 heterocycles. The van der Waals surface area contributed by atoms with Crippen LogP contribution in [0.1, 0.15) is 13.3 Å². The summed E-state index contributed by atoms with van der Waals surface area (Å²) >= 11 is 0. The number of nitrogens with one attached hydrogen (secondary N) is 2. The Morgan fingerprint density at radius 3 is 2.38 bits per heavy atom. The minimum absolute atomic E-state index is 0.0441. The second-order valence-electron chi connectivity index (χ2n) is 7.15.